The van der Waals surface area contributed by atoms with Crippen molar-refractivity contribution in [1.29, 1.82) is 0 Å². The molecule has 24 aromatic rings. The smallest absolute Gasteiger partial charge is 0.159 e. The summed E-state index contributed by atoms with van der Waals surface area (Å²) in [6.07, 6.45) is 0. The van der Waals surface area contributed by atoms with Crippen molar-refractivity contribution in [3.63, 3.8) is 0 Å². The van der Waals surface area contributed by atoms with E-state index in [1.54, 1.807) is 0 Å². The van der Waals surface area contributed by atoms with Gasteiger partial charge in [0.2, 0.25) is 0 Å². The van der Waals surface area contributed by atoms with Crippen molar-refractivity contribution >= 4 is 107 Å². The summed E-state index contributed by atoms with van der Waals surface area (Å²) >= 11 is 0. The fourth-order valence-corrected chi connectivity index (χ4v) is 20.2. The lowest BCUT2D eigenvalue weighted by Gasteiger charge is -2.29. The third-order valence-corrected chi connectivity index (χ3v) is 27.1. The molecular formula is C144H105N3O. The van der Waals surface area contributed by atoms with Gasteiger partial charge < -0.3 is 19.1 Å². The SMILES string of the molecule is c1ccc(C(=C(c2ccccc2)c2ccc(-c3cccc(N(c4ccccc4)c4ccc(-c5ccccc5)cc4)c3)cc2)c2ccccc2)cc1.c1ccc(C(=C(c2ccccc2)c2ccc(-c3cccc(N(c4ccccc4)c4ccccc4-c4ccccc4)c3)cc2)c2ccccc2)cc1.c1ccc(C(=C(c2ccccc2)c2ccccc2N(c2ccccc2)c2cccc3c2oc2ccccc23)c2ccccc2)cc1. The molecule has 0 aliphatic heterocycles. The Morgan fingerprint density at radius 2 is 0.378 bits per heavy atom. The lowest BCUT2D eigenvalue weighted by Crippen LogP contribution is -2.13. The molecule has 0 saturated heterocycles. The van der Waals surface area contributed by atoms with Crippen molar-refractivity contribution in [2.24, 2.45) is 0 Å². The van der Waals surface area contributed by atoms with E-state index in [0.717, 1.165) is 112 Å². The second-order valence-electron chi connectivity index (χ2n) is 36.4. The minimum Gasteiger partial charge on any atom is -0.454 e. The Morgan fingerprint density at radius 1 is 0.135 bits per heavy atom. The zero-order chi connectivity index (χ0) is 99.2. The second-order valence-corrected chi connectivity index (χ2v) is 36.4. The van der Waals surface area contributed by atoms with Gasteiger partial charge in [0, 0.05) is 56.0 Å². The Labute approximate surface area is 867 Å². The van der Waals surface area contributed by atoms with Gasteiger partial charge in [-0.15, -0.1) is 0 Å². The maximum absolute atomic E-state index is 6.62. The van der Waals surface area contributed by atoms with Gasteiger partial charge in [-0.05, 0) is 231 Å². The van der Waals surface area contributed by atoms with Gasteiger partial charge in [-0.25, -0.2) is 0 Å². The monoisotopic (exact) mass is 1890 g/mol. The van der Waals surface area contributed by atoms with Crippen LogP contribution in [0.15, 0.2) is 641 Å². The quantitative estimate of drug-likeness (QED) is 0.0532. The van der Waals surface area contributed by atoms with Gasteiger partial charge in [0.1, 0.15) is 5.58 Å². The van der Waals surface area contributed by atoms with Crippen LogP contribution in [-0.2, 0) is 0 Å². The Balaban J connectivity index is 0.000000126. The number of rotatable bonds is 25. The molecule has 0 radical (unpaired) electrons. The largest absolute Gasteiger partial charge is 0.454 e. The van der Waals surface area contributed by atoms with Gasteiger partial charge in [-0.1, -0.05) is 540 Å². The number of nitrogens with zero attached hydrogens (tertiary/aromatic N) is 3. The van der Waals surface area contributed by atoms with E-state index in [2.05, 4.69) is 640 Å². The second kappa shape index (κ2) is 45.2. The Kier molecular flexibility index (Phi) is 28.5. The predicted octanol–water partition coefficient (Wildman–Crippen LogP) is 39.1. The van der Waals surface area contributed by atoms with E-state index < -0.39 is 0 Å². The third-order valence-electron chi connectivity index (χ3n) is 27.1. The molecule has 0 unspecified atom stereocenters. The van der Waals surface area contributed by atoms with E-state index in [4.69, 9.17) is 4.42 Å². The normalized spacial score (nSPS) is 10.8. The van der Waals surface area contributed by atoms with Crippen molar-refractivity contribution in [1.82, 2.24) is 0 Å². The molecule has 0 spiro atoms. The number of hydrogen-bond acceptors (Lipinski definition) is 4. The zero-order valence-electron chi connectivity index (χ0n) is 81.9. The van der Waals surface area contributed by atoms with Crippen LogP contribution < -0.4 is 14.7 Å². The van der Waals surface area contributed by atoms with Crippen molar-refractivity contribution in [2.45, 2.75) is 0 Å². The van der Waals surface area contributed by atoms with E-state index in [1.807, 2.05) is 12.1 Å². The van der Waals surface area contributed by atoms with E-state index in [-0.39, 0.29) is 0 Å². The van der Waals surface area contributed by atoms with Crippen molar-refractivity contribution in [2.75, 3.05) is 14.7 Å². The van der Waals surface area contributed by atoms with Crippen LogP contribution in [0.25, 0.3) is 99.9 Å². The summed E-state index contributed by atoms with van der Waals surface area (Å²) in [5, 5.41) is 2.21. The van der Waals surface area contributed by atoms with Crippen LogP contribution in [0, 0.1) is 0 Å². The van der Waals surface area contributed by atoms with Gasteiger partial charge in [-0.3, -0.25) is 0 Å². The Hall–Kier alpha value is -19.5. The van der Waals surface area contributed by atoms with E-state index in [0.29, 0.717) is 0 Å². The maximum Gasteiger partial charge on any atom is 0.159 e. The lowest BCUT2D eigenvalue weighted by molar-refractivity contribution is 0.669. The first-order valence-electron chi connectivity index (χ1n) is 50.5. The minimum absolute atomic E-state index is 0.860. The number of anilines is 9. The van der Waals surface area contributed by atoms with Crippen LogP contribution in [0.5, 0.6) is 0 Å². The summed E-state index contributed by atoms with van der Waals surface area (Å²) in [5.74, 6) is 0. The van der Waals surface area contributed by atoms with Gasteiger partial charge in [0.05, 0.1) is 17.1 Å². The van der Waals surface area contributed by atoms with Crippen LogP contribution in [0.2, 0.25) is 0 Å². The fourth-order valence-electron chi connectivity index (χ4n) is 20.2. The summed E-state index contributed by atoms with van der Waals surface area (Å²) in [4.78, 5) is 7.04. The van der Waals surface area contributed by atoms with Crippen LogP contribution in [0.3, 0.4) is 0 Å². The molecule has 0 bridgehead atoms. The highest BCUT2D eigenvalue weighted by molar-refractivity contribution is 6.13. The molecule has 23 aromatic carbocycles. The van der Waals surface area contributed by atoms with Gasteiger partial charge in [0.15, 0.2) is 5.58 Å². The van der Waals surface area contributed by atoms with Crippen molar-refractivity contribution < 1.29 is 4.42 Å². The highest BCUT2D eigenvalue weighted by atomic mass is 16.3. The molecular weight excluding hydrogens is 1790 g/mol. The van der Waals surface area contributed by atoms with E-state index in [1.165, 1.54) is 106 Å². The summed E-state index contributed by atoms with van der Waals surface area (Å²) in [5.41, 5.74) is 42.2. The van der Waals surface area contributed by atoms with Crippen LogP contribution in [-0.4, -0.2) is 0 Å². The molecule has 1 heterocycles. The molecule has 0 atom stereocenters. The first kappa shape index (κ1) is 93.4. The molecule has 4 nitrogen and oxygen atoms in total. The van der Waals surface area contributed by atoms with Crippen molar-refractivity contribution in [3.8, 4) is 44.5 Å². The highest BCUT2D eigenvalue weighted by Crippen LogP contribution is 2.51. The number of para-hydroxylation sites is 7. The van der Waals surface area contributed by atoms with Gasteiger partial charge in [0.25, 0.3) is 0 Å². The topological polar surface area (TPSA) is 22.9 Å². The number of hydrogen-bond donors (Lipinski definition) is 0. The fraction of sp³-hybridized carbons (Fsp3) is 0. The summed E-state index contributed by atoms with van der Waals surface area (Å²) < 4.78 is 6.62. The summed E-state index contributed by atoms with van der Waals surface area (Å²) in [6, 6.07) is 226. The molecule has 24 rings (SSSR count). The van der Waals surface area contributed by atoms with Crippen LogP contribution >= 0.6 is 0 Å². The molecule has 0 saturated carbocycles. The molecule has 148 heavy (non-hydrogen) atoms. The molecule has 1 aromatic heterocycles. The number of benzene rings is 23. The van der Waals surface area contributed by atoms with Gasteiger partial charge in [-0.2, -0.15) is 0 Å². The van der Waals surface area contributed by atoms with E-state index >= 15 is 0 Å². The average molecular weight is 1890 g/mol. The van der Waals surface area contributed by atoms with E-state index in [9.17, 15) is 0 Å². The number of furan rings is 1. The van der Waals surface area contributed by atoms with Crippen LogP contribution in [0.4, 0.5) is 51.2 Å². The van der Waals surface area contributed by atoms with Crippen LogP contribution in [0.1, 0.15) is 66.8 Å². The maximum atomic E-state index is 6.62. The minimum atomic E-state index is 0.860. The predicted molar refractivity (Wildman–Crippen MR) is 625 cm³/mol. The van der Waals surface area contributed by atoms with Crippen molar-refractivity contribution in [3.05, 3.63) is 704 Å². The standard InChI is InChI=1S/2C50H37N.C44H31NO/c1-6-19-39(20-7-1)47-31-16-17-32-48(47)51(45-28-14-5-15-29-45)46-30-18-27-44(37-46)38-33-35-43(36-34-38)50(42-25-12-4-13-26-42)49(40-21-8-2-9-22-40)41-23-10-3-11-24-41;1-6-17-38(18-7-1)39-33-35-47(36-34-39)51(46-26-14-5-15-27-46)48-28-16-25-45(37-48)40-29-31-44(32-30-40)50(43-23-12-4-13-24-43)49(41-19-8-2-9-20-41)42-21-10-3-11-22-42;1-5-18-32(19-6-1)42(33-20-7-2-8-21-33)43(34-22-9-3-10-23-34)38-27-13-15-29-39(38)45(35-24-11-4-12-25-35)40-30-17-28-37-36-26-14-16-31-41(36)46-44(37)40/h2*1-37H;1-31H. The zero-order valence-corrected chi connectivity index (χ0v) is 81.9. The molecule has 0 fully saturated rings. The highest BCUT2D eigenvalue weighted by Gasteiger charge is 2.28. The summed E-state index contributed by atoms with van der Waals surface area (Å²) in [6.45, 7) is 0. The number of fused-ring (bicyclic) bond motifs is 3. The molecule has 0 amide bonds. The van der Waals surface area contributed by atoms with Gasteiger partial charge >= 0.3 is 0 Å². The first-order valence-corrected chi connectivity index (χ1v) is 50.5. The third kappa shape index (κ3) is 20.8. The lowest BCUT2D eigenvalue weighted by atomic mass is 9.85. The summed E-state index contributed by atoms with van der Waals surface area (Å²) in [7, 11) is 0. The first-order chi connectivity index (χ1) is 73.5. The Morgan fingerprint density at radius 3 is 0.784 bits per heavy atom. The molecule has 0 N–H and O–H groups in total. The average Bonchev–Trinajstić information content (AvgIpc) is 1.51. The Bertz CT molecular complexity index is 8500. The molecule has 702 valence electrons. The molecule has 4 heteroatoms. The molecule has 0 aliphatic carbocycles. The molecule has 0 aliphatic rings.